The molecule has 23 heavy (non-hydrogen) atoms. The molecule has 3 N–H and O–H groups in total. The zero-order valence-electron chi connectivity index (χ0n) is 13.6. The number of rotatable bonds is 4. The van der Waals surface area contributed by atoms with Gasteiger partial charge in [-0.2, -0.15) is 0 Å². The first-order valence-corrected chi connectivity index (χ1v) is 8.05. The van der Waals surface area contributed by atoms with E-state index in [1.54, 1.807) is 6.92 Å². The molecular formula is C15H26O8. The van der Waals surface area contributed by atoms with Gasteiger partial charge in [0.25, 0.3) is 0 Å². The molecule has 3 aliphatic rings. The second kappa shape index (κ2) is 6.89. The molecule has 3 rings (SSSR count). The van der Waals surface area contributed by atoms with Crippen LogP contribution in [0.25, 0.3) is 0 Å². The molecule has 10 atom stereocenters. The molecular weight excluding hydrogens is 308 g/mol. The van der Waals surface area contributed by atoms with Gasteiger partial charge < -0.3 is 39.0 Å². The monoisotopic (exact) mass is 334 g/mol. The van der Waals surface area contributed by atoms with Gasteiger partial charge in [-0.25, -0.2) is 0 Å². The fourth-order valence-corrected chi connectivity index (χ4v) is 3.69. The quantitative estimate of drug-likeness (QED) is 0.579. The molecule has 0 amide bonds. The first kappa shape index (κ1) is 17.5. The lowest BCUT2D eigenvalue weighted by Gasteiger charge is -2.45. The van der Waals surface area contributed by atoms with Gasteiger partial charge in [-0.15, -0.1) is 0 Å². The third-order valence-electron chi connectivity index (χ3n) is 5.12. The summed E-state index contributed by atoms with van der Waals surface area (Å²) in [5.41, 5.74) is 0. The summed E-state index contributed by atoms with van der Waals surface area (Å²) in [4.78, 5) is 0. The van der Waals surface area contributed by atoms with Crippen LogP contribution in [0, 0.1) is 5.92 Å². The number of hydrogen-bond acceptors (Lipinski definition) is 8. The number of methoxy groups -OCH3 is 1. The molecule has 2 bridgehead atoms. The first-order chi connectivity index (χ1) is 11.0. The van der Waals surface area contributed by atoms with Crippen LogP contribution in [-0.4, -0.2) is 90.8 Å². The molecule has 3 fully saturated rings. The van der Waals surface area contributed by atoms with Crippen LogP contribution in [0.1, 0.15) is 13.8 Å². The molecule has 0 aromatic heterocycles. The molecule has 0 aromatic rings. The molecule has 4 unspecified atom stereocenters. The summed E-state index contributed by atoms with van der Waals surface area (Å²) in [6.07, 6.45) is -5.51. The van der Waals surface area contributed by atoms with Crippen molar-refractivity contribution in [1.29, 1.82) is 0 Å². The van der Waals surface area contributed by atoms with Crippen molar-refractivity contribution in [1.82, 2.24) is 0 Å². The van der Waals surface area contributed by atoms with E-state index in [1.807, 2.05) is 6.92 Å². The highest BCUT2D eigenvalue weighted by Crippen LogP contribution is 2.35. The molecule has 0 spiro atoms. The van der Waals surface area contributed by atoms with Crippen molar-refractivity contribution in [2.75, 3.05) is 20.3 Å². The summed E-state index contributed by atoms with van der Waals surface area (Å²) >= 11 is 0. The van der Waals surface area contributed by atoms with Gasteiger partial charge in [0.15, 0.2) is 6.29 Å². The Kier molecular flexibility index (Phi) is 5.24. The average molecular weight is 334 g/mol. The van der Waals surface area contributed by atoms with E-state index < -0.39 is 42.9 Å². The van der Waals surface area contributed by atoms with Gasteiger partial charge >= 0.3 is 0 Å². The summed E-state index contributed by atoms with van der Waals surface area (Å²) in [5, 5.41) is 30.1. The van der Waals surface area contributed by atoms with Gasteiger partial charge in [-0.3, -0.25) is 0 Å². The summed E-state index contributed by atoms with van der Waals surface area (Å²) in [5.74, 6) is -0.180. The van der Waals surface area contributed by atoms with Gasteiger partial charge in [-0.1, -0.05) is 6.92 Å². The normalized spacial score (nSPS) is 53.5. The minimum Gasteiger partial charge on any atom is -0.394 e. The van der Waals surface area contributed by atoms with Crippen LogP contribution in [0.3, 0.4) is 0 Å². The molecule has 0 aliphatic carbocycles. The Hall–Kier alpha value is -0.320. The van der Waals surface area contributed by atoms with Crippen molar-refractivity contribution in [3.8, 4) is 0 Å². The largest absolute Gasteiger partial charge is 0.394 e. The van der Waals surface area contributed by atoms with Crippen LogP contribution in [0.4, 0.5) is 0 Å². The summed E-state index contributed by atoms with van der Waals surface area (Å²) in [6, 6.07) is 0. The summed E-state index contributed by atoms with van der Waals surface area (Å²) < 4.78 is 28.2. The van der Waals surface area contributed by atoms with Crippen LogP contribution in [-0.2, 0) is 23.7 Å². The minimum absolute atomic E-state index is 0.180. The third kappa shape index (κ3) is 3.03. The van der Waals surface area contributed by atoms with Gasteiger partial charge in [0.2, 0.25) is 0 Å². The Morgan fingerprint density at radius 1 is 1.09 bits per heavy atom. The molecule has 8 heteroatoms. The van der Waals surface area contributed by atoms with E-state index in [1.165, 1.54) is 7.11 Å². The fourth-order valence-electron chi connectivity index (χ4n) is 3.69. The maximum atomic E-state index is 10.5. The zero-order valence-corrected chi connectivity index (χ0v) is 13.6. The zero-order chi connectivity index (χ0) is 16.7. The lowest BCUT2D eigenvalue weighted by molar-refractivity contribution is -0.321. The van der Waals surface area contributed by atoms with Gasteiger partial charge in [0.1, 0.15) is 30.5 Å². The van der Waals surface area contributed by atoms with Crippen molar-refractivity contribution in [2.24, 2.45) is 5.92 Å². The highest BCUT2D eigenvalue weighted by atomic mass is 16.7. The molecule has 0 radical (unpaired) electrons. The standard InChI is InChI=1S/C15H26O8/c1-6-8(4-16)22-15(11(18)12(6)19-3)23-13-9-5-20-14(13)10(17)7(2)21-9/h6-18H,4-5H2,1-3H3/t6-,7+,8?,9-,10?,11?,12+,13-,14?,15-/m0/s1. The van der Waals surface area contributed by atoms with E-state index in [9.17, 15) is 15.3 Å². The molecule has 0 aromatic carbocycles. The number of fused-ring (bicyclic) bond motifs is 2. The predicted molar refractivity (Wildman–Crippen MR) is 76.7 cm³/mol. The number of ether oxygens (including phenoxy) is 5. The molecule has 134 valence electrons. The van der Waals surface area contributed by atoms with Gasteiger partial charge in [-0.05, 0) is 6.92 Å². The summed E-state index contributed by atoms with van der Waals surface area (Å²) in [7, 11) is 1.50. The molecule has 8 nitrogen and oxygen atoms in total. The highest BCUT2D eigenvalue weighted by molar-refractivity contribution is 4.98. The summed E-state index contributed by atoms with van der Waals surface area (Å²) in [6.45, 7) is 3.76. The van der Waals surface area contributed by atoms with Crippen molar-refractivity contribution in [3.63, 3.8) is 0 Å². The Bertz CT molecular complexity index is 407. The topological polar surface area (TPSA) is 107 Å². The molecule has 3 heterocycles. The van der Waals surface area contributed by atoms with E-state index in [2.05, 4.69) is 0 Å². The van der Waals surface area contributed by atoms with Crippen molar-refractivity contribution < 1.29 is 39.0 Å². The van der Waals surface area contributed by atoms with Crippen LogP contribution in [0.2, 0.25) is 0 Å². The van der Waals surface area contributed by atoms with Crippen LogP contribution < -0.4 is 0 Å². The van der Waals surface area contributed by atoms with E-state index >= 15 is 0 Å². The average Bonchev–Trinajstić information content (AvgIpc) is 2.84. The second-order valence-electron chi connectivity index (χ2n) is 6.54. The Morgan fingerprint density at radius 2 is 1.83 bits per heavy atom. The number of aliphatic hydroxyl groups excluding tert-OH is 3. The third-order valence-corrected chi connectivity index (χ3v) is 5.12. The van der Waals surface area contributed by atoms with Gasteiger partial charge in [0.05, 0.1) is 31.5 Å². The number of hydrogen-bond donors (Lipinski definition) is 3. The van der Waals surface area contributed by atoms with Gasteiger partial charge in [0, 0.05) is 13.0 Å². The Labute approximate surface area is 135 Å². The van der Waals surface area contributed by atoms with Crippen molar-refractivity contribution in [2.45, 2.75) is 69.0 Å². The van der Waals surface area contributed by atoms with Crippen LogP contribution in [0.5, 0.6) is 0 Å². The lowest BCUT2D eigenvalue weighted by atomic mass is 9.90. The number of aliphatic hydroxyl groups is 3. The predicted octanol–water partition coefficient (Wildman–Crippen LogP) is -1.35. The highest BCUT2D eigenvalue weighted by Gasteiger charge is 2.53. The van der Waals surface area contributed by atoms with E-state index in [0.29, 0.717) is 6.61 Å². The van der Waals surface area contributed by atoms with E-state index in [0.717, 1.165) is 0 Å². The van der Waals surface area contributed by atoms with Crippen molar-refractivity contribution >= 4 is 0 Å². The van der Waals surface area contributed by atoms with E-state index in [4.69, 9.17) is 23.7 Å². The SMILES string of the molecule is CO[C@H]1C(O)[C@H](O[C@@H]2C3OC[C@@H]2O[C@H](C)C3O)OC(CO)[C@@H]1C. The van der Waals surface area contributed by atoms with E-state index in [-0.39, 0.29) is 24.7 Å². The smallest absolute Gasteiger partial charge is 0.187 e. The minimum atomic E-state index is -1.01. The van der Waals surface area contributed by atoms with Crippen molar-refractivity contribution in [3.05, 3.63) is 0 Å². The van der Waals surface area contributed by atoms with Crippen LogP contribution >= 0.6 is 0 Å². The fraction of sp³-hybridized carbons (Fsp3) is 1.00. The Morgan fingerprint density at radius 3 is 2.48 bits per heavy atom. The first-order valence-electron chi connectivity index (χ1n) is 8.05. The second-order valence-corrected chi connectivity index (χ2v) is 6.54. The molecule has 3 aliphatic heterocycles. The van der Waals surface area contributed by atoms with Crippen LogP contribution in [0.15, 0.2) is 0 Å². The maximum Gasteiger partial charge on any atom is 0.187 e. The Balaban J connectivity index is 1.72. The molecule has 0 saturated carbocycles. The lowest BCUT2D eigenvalue weighted by Crippen LogP contribution is -2.60. The maximum absolute atomic E-state index is 10.5. The molecule has 3 saturated heterocycles.